The molecule has 0 aromatic heterocycles. The molecular weight excluding hydrogens is 442 g/mol. The second-order valence-corrected chi connectivity index (χ2v) is 10.1. The summed E-state index contributed by atoms with van der Waals surface area (Å²) in [6.07, 6.45) is 1.20. The maximum atomic E-state index is 12.8. The molecule has 31 heavy (non-hydrogen) atoms. The lowest BCUT2D eigenvalue weighted by Crippen LogP contribution is -2.29. The van der Waals surface area contributed by atoms with Crippen LogP contribution < -0.4 is 13.7 Å². The Morgan fingerprint density at radius 3 is 2.45 bits per heavy atom. The van der Waals surface area contributed by atoms with Crippen molar-refractivity contribution in [3.63, 3.8) is 0 Å². The van der Waals surface area contributed by atoms with Gasteiger partial charge in [0.15, 0.2) is 0 Å². The lowest BCUT2D eigenvalue weighted by atomic mass is 10.1. The van der Waals surface area contributed by atoms with Crippen molar-refractivity contribution in [1.82, 2.24) is 9.44 Å². The van der Waals surface area contributed by atoms with Crippen LogP contribution in [0.2, 0.25) is 0 Å². The van der Waals surface area contributed by atoms with Crippen LogP contribution in [0.15, 0.2) is 77.6 Å². The van der Waals surface area contributed by atoms with E-state index in [4.69, 9.17) is 0 Å². The number of rotatable bonds is 6. The molecule has 1 heterocycles. The van der Waals surface area contributed by atoms with E-state index in [1.165, 1.54) is 12.1 Å². The summed E-state index contributed by atoms with van der Waals surface area (Å²) in [7, 11) is -7.77. The number of aromatic hydroxyl groups is 1. The van der Waals surface area contributed by atoms with Gasteiger partial charge in [0.1, 0.15) is 11.4 Å². The second-order valence-electron chi connectivity index (χ2n) is 6.87. The molecule has 3 aromatic carbocycles. The Labute approximate surface area is 179 Å². The second kappa shape index (κ2) is 7.76. The molecule has 0 radical (unpaired) electrons. The first-order valence-electron chi connectivity index (χ1n) is 9.20. The largest absolute Gasteiger partial charge is 0.506 e. The summed E-state index contributed by atoms with van der Waals surface area (Å²) >= 11 is 0. The summed E-state index contributed by atoms with van der Waals surface area (Å²) in [6.45, 7) is 0.0780. The fraction of sp³-hybridized carbons (Fsp3) is 0.100. The van der Waals surface area contributed by atoms with E-state index in [0.29, 0.717) is 15.3 Å². The van der Waals surface area contributed by atoms with Gasteiger partial charge in [-0.05, 0) is 35.6 Å². The van der Waals surface area contributed by atoms with Gasteiger partial charge in [-0.15, -0.1) is 0 Å². The number of anilines is 1. The lowest BCUT2D eigenvalue weighted by molar-refractivity contribution is 0.392. The number of phenolic OH excluding ortho intramolecular Hbond substituents is 1. The van der Waals surface area contributed by atoms with E-state index in [1.54, 1.807) is 30.3 Å². The zero-order valence-electron chi connectivity index (χ0n) is 16.1. The number of hydrogen-bond acceptors (Lipinski definition) is 6. The summed E-state index contributed by atoms with van der Waals surface area (Å²) in [5.41, 5.74) is 0.552. The number of hydrogen-bond donors (Lipinski definition) is 4. The monoisotopic (exact) mass is 461 g/mol. The van der Waals surface area contributed by atoms with E-state index in [2.05, 4.69) is 4.72 Å². The minimum absolute atomic E-state index is 0.0448. The minimum Gasteiger partial charge on any atom is -0.506 e. The van der Waals surface area contributed by atoms with E-state index in [-0.39, 0.29) is 29.3 Å². The first kappa shape index (κ1) is 21.0. The van der Waals surface area contributed by atoms with Crippen LogP contribution in [0.3, 0.4) is 0 Å². The van der Waals surface area contributed by atoms with Gasteiger partial charge in [-0.3, -0.25) is 0 Å². The highest BCUT2D eigenvalue weighted by Crippen LogP contribution is 2.32. The van der Waals surface area contributed by atoms with Gasteiger partial charge in [-0.1, -0.05) is 42.5 Å². The van der Waals surface area contributed by atoms with Gasteiger partial charge in [-0.25, -0.2) is 22.2 Å². The van der Waals surface area contributed by atoms with E-state index < -0.39 is 26.1 Å². The molecule has 0 bridgehead atoms. The van der Waals surface area contributed by atoms with Gasteiger partial charge in [0.05, 0.1) is 11.1 Å². The molecule has 4 rings (SSSR count). The molecular formula is C20H19N3O6S2. The SMILES string of the molecule is O=S(=O)(NCCc1ccc(N2C=C(O)NS2(=O)=O)c(O)c1)c1cccc2ccccc12. The van der Waals surface area contributed by atoms with E-state index in [1.807, 2.05) is 22.9 Å². The van der Waals surface area contributed by atoms with Gasteiger partial charge in [0.2, 0.25) is 15.9 Å². The van der Waals surface area contributed by atoms with Gasteiger partial charge >= 0.3 is 10.2 Å². The minimum atomic E-state index is -4.02. The summed E-state index contributed by atoms with van der Waals surface area (Å²) in [5, 5.41) is 21.1. The van der Waals surface area contributed by atoms with Crippen LogP contribution in [0.25, 0.3) is 10.8 Å². The molecule has 11 heteroatoms. The van der Waals surface area contributed by atoms with Crippen LogP contribution in [0.4, 0.5) is 5.69 Å². The van der Waals surface area contributed by atoms with Crippen molar-refractivity contribution in [2.75, 3.05) is 10.8 Å². The van der Waals surface area contributed by atoms with E-state index >= 15 is 0 Å². The van der Waals surface area contributed by atoms with Crippen molar-refractivity contribution in [2.45, 2.75) is 11.3 Å². The molecule has 3 aromatic rings. The number of nitrogens with one attached hydrogen (secondary N) is 2. The Hall–Kier alpha value is -3.28. The Bertz CT molecular complexity index is 1400. The molecule has 4 N–H and O–H groups in total. The summed E-state index contributed by atoms with van der Waals surface area (Å²) in [6, 6.07) is 16.5. The summed E-state index contributed by atoms with van der Waals surface area (Å²) in [5.74, 6) is -0.892. The summed E-state index contributed by atoms with van der Waals surface area (Å²) in [4.78, 5) is 0.183. The number of phenols is 1. The first-order chi connectivity index (χ1) is 14.7. The van der Waals surface area contributed by atoms with Crippen LogP contribution >= 0.6 is 0 Å². The molecule has 0 amide bonds. The van der Waals surface area contributed by atoms with Crippen molar-refractivity contribution in [3.05, 3.63) is 78.3 Å². The number of aliphatic hydroxyl groups excluding tert-OH is 1. The Balaban J connectivity index is 1.48. The van der Waals surface area contributed by atoms with Crippen molar-refractivity contribution in [2.24, 2.45) is 0 Å². The molecule has 9 nitrogen and oxygen atoms in total. The van der Waals surface area contributed by atoms with Crippen LogP contribution in [-0.2, 0) is 26.7 Å². The number of benzene rings is 3. The van der Waals surface area contributed by atoms with Crippen LogP contribution in [0.5, 0.6) is 5.75 Å². The number of nitrogens with zero attached hydrogens (tertiary/aromatic N) is 1. The van der Waals surface area contributed by atoms with Gasteiger partial charge < -0.3 is 10.2 Å². The van der Waals surface area contributed by atoms with Crippen molar-refractivity contribution >= 4 is 36.7 Å². The number of aliphatic hydroxyl groups is 1. The fourth-order valence-corrected chi connectivity index (χ4v) is 5.66. The molecule has 1 aliphatic heterocycles. The molecule has 162 valence electrons. The number of sulfonamides is 1. The molecule has 0 fully saturated rings. The van der Waals surface area contributed by atoms with Crippen LogP contribution in [-0.4, -0.2) is 33.6 Å². The highest BCUT2D eigenvalue weighted by atomic mass is 32.2. The van der Waals surface area contributed by atoms with Gasteiger partial charge in [0.25, 0.3) is 0 Å². The number of fused-ring (bicyclic) bond motifs is 1. The third-order valence-electron chi connectivity index (χ3n) is 4.75. The average Bonchev–Trinajstić information content (AvgIpc) is 2.99. The first-order valence-corrected chi connectivity index (χ1v) is 12.1. The topological polar surface area (TPSA) is 136 Å². The zero-order valence-corrected chi connectivity index (χ0v) is 17.7. The predicted molar refractivity (Wildman–Crippen MR) is 116 cm³/mol. The predicted octanol–water partition coefficient (Wildman–Crippen LogP) is 2.08. The highest BCUT2D eigenvalue weighted by Gasteiger charge is 2.30. The molecule has 0 aliphatic carbocycles. The zero-order chi connectivity index (χ0) is 22.2. The van der Waals surface area contributed by atoms with Gasteiger partial charge in [-0.2, -0.15) is 8.42 Å². The Morgan fingerprint density at radius 2 is 1.74 bits per heavy atom. The quantitative estimate of drug-likeness (QED) is 0.444. The molecule has 0 atom stereocenters. The van der Waals surface area contributed by atoms with Crippen LogP contribution in [0.1, 0.15) is 5.56 Å². The molecule has 0 spiro atoms. The third kappa shape index (κ3) is 4.15. The Morgan fingerprint density at radius 1 is 1.00 bits per heavy atom. The van der Waals surface area contributed by atoms with Crippen LogP contribution in [0, 0.1) is 0 Å². The maximum absolute atomic E-state index is 12.8. The highest BCUT2D eigenvalue weighted by molar-refractivity contribution is 7.91. The van der Waals surface area contributed by atoms with Crippen molar-refractivity contribution in [3.8, 4) is 5.75 Å². The third-order valence-corrected chi connectivity index (χ3v) is 7.56. The fourth-order valence-electron chi connectivity index (χ4n) is 3.34. The van der Waals surface area contributed by atoms with Gasteiger partial charge in [0, 0.05) is 11.9 Å². The molecule has 0 saturated heterocycles. The molecule has 0 saturated carbocycles. The average molecular weight is 462 g/mol. The van der Waals surface area contributed by atoms with Crippen molar-refractivity contribution < 1.29 is 27.0 Å². The van der Waals surface area contributed by atoms with Crippen molar-refractivity contribution in [1.29, 1.82) is 0 Å². The summed E-state index contributed by atoms with van der Waals surface area (Å²) < 4.78 is 54.6. The maximum Gasteiger partial charge on any atom is 0.330 e. The standard InChI is InChI=1S/C20H19N3O6S2/c24-18-12-14(8-9-17(18)23-13-20(25)22-31(23,28)29)10-11-21-30(26,27)19-7-3-5-15-4-1-2-6-16(15)19/h1-9,12-13,21-22,24-25H,10-11H2. The lowest BCUT2D eigenvalue weighted by Gasteiger charge is -2.16. The molecule has 0 unspecified atom stereocenters. The smallest absolute Gasteiger partial charge is 0.330 e. The normalized spacial score (nSPS) is 15.6. The Kier molecular flexibility index (Phi) is 5.25. The van der Waals surface area contributed by atoms with E-state index in [0.717, 1.165) is 11.6 Å². The van der Waals surface area contributed by atoms with E-state index in [9.17, 15) is 27.0 Å². The molecule has 1 aliphatic rings.